The van der Waals surface area contributed by atoms with Crippen LogP contribution in [-0.2, 0) is 32.7 Å². The normalized spacial score (nSPS) is 4.00. The molecule has 0 aliphatic heterocycles. The number of hydrogen-bond acceptors (Lipinski definition) is 0. The molecule has 0 fully saturated rings. The minimum atomic E-state index is 0. The van der Waals surface area contributed by atoms with Crippen LogP contribution < -0.4 is 0 Å². The van der Waals surface area contributed by atoms with Crippen molar-refractivity contribution >= 4 is 0 Å². The summed E-state index contributed by atoms with van der Waals surface area (Å²) in [7, 11) is 0. The Morgan fingerprint density at radius 2 is 2.00 bits per heavy atom. The third-order valence-electron chi connectivity index (χ3n) is 0.144. The van der Waals surface area contributed by atoms with Crippen LogP contribution >= 0.6 is 0 Å². The van der Waals surface area contributed by atoms with Crippen molar-refractivity contribution in [1.29, 1.82) is 0 Å². The Labute approximate surface area is 58.2 Å². The second-order valence-electron chi connectivity index (χ2n) is 0.454. The molecule has 1 heteroatoms. The van der Waals surface area contributed by atoms with Crippen molar-refractivity contribution in [3.8, 4) is 12.3 Å². The minimum Gasteiger partial charge on any atom is -0.332 e. The molecule has 0 aliphatic carbocycles. The van der Waals surface area contributed by atoms with Crippen molar-refractivity contribution in [1.82, 2.24) is 0 Å². The van der Waals surface area contributed by atoms with Gasteiger partial charge in [-0.3, -0.25) is 0 Å². The van der Waals surface area contributed by atoms with Gasteiger partial charge < -0.3 is 6.92 Å². The van der Waals surface area contributed by atoms with E-state index in [1.54, 1.807) is 0 Å². The molecule has 0 aromatic rings. The van der Waals surface area contributed by atoms with Crippen molar-refractivity contribution in [3.63, 3.8) is 0 Å². The first-order valence-corrected chi connectivity index (χ1v) is 1.14. The number of rotatable bonds is 0. The van der Waals surface area contributed by atoms with E-state index < -0.39 is 0 Å². The molecule has 0 aromatic carbocycles. The zero-order valence-electron chi connectivity index (χ0n) is 3.07. The fraction of sp³-hybridized carbons (Fsp3) is 0.250. The third kappa shape index (κ3) is 12.0. The molecule has 0 unspecified atom stereocenters. The van der Waals surface area contributed by atoms with Crippen LogP contribution in [0.2, 0.25) is 0 Å². The predicted molar refractivity (Wildman–Crippen MR) is 18.8 cm³/mol. The molecule has 25 valence electrons. The van der Waals surface area contributed by atoms with Gasteiger partial charge in [0.05, 0.1) is 0 Å². The Bertz CT molecular complexity index is 33.4. The Kier molecular flexibility index (Phi) is 16.2. The van der Waals surface area contributed by atoms with Crippen molar-refractivity contribution in [3.05, 3.63) is 6.92 Å². The summed E-state index contributed by atoms with van der Waals surface area (Å²) in [5.41, 5.74) is 0. The van der Waals surface area contributed by atoms with Crippen LogP contribution in [0.25, 0.3) is 0 Å². The summed E-state index contributed by atoms with van der Waals surface area (Å²) in [6.07, 6.45) is 5.31. The molecule has 0 aromatic heterocycles. The third-order valence-corrected chi connectivity index (χ3v) is 0.144. The smallest absolute Gasteiger partial charge is 0 e. The van der Waals surface area contributed by atoms with Gasteiger partial charge in [0.2, 0.25) is 0 Å². The van der Waals surface area contributed by atoms with Gasteiger partial charge in [0.15, 0.2) is 0 Å². The first-order chi connectivity index (χ1) is 1.91. The van der Waals surface area contributed by atoms with Crippen molar-refractivity contribution in [2.75, 3.05) is 0 Å². The van der Waals surface area contributed by atoms with Crippen molar-refractivity contribution in [2.24, 2.45) is 0 Å². The van der Waals surface area contributed by atoms with Gasteiger partial charge in [0.25, 0.3) is 0 Å². The van der Waals surface area contributed by atoms with Gasteiger partial charge in [0.1, 0.15) is 0 Å². The molecule has 0 saturated heterocycles. The summed E-state index contributed by atoms with van der Waals surface area (Å²) in [5.74, 6) is 2.32. The first kappa shape index (κ1) is 9.18. The van der Waals surface area contributed by atoms with Gasteiger partial charge in [-0.1, -0.05) is 0 Å². The quantitative estimate of drug-likeness (QED) is 0.347. The topological polar surface area (TPSA) is 0 Å². The van der Waals surface area contributed by atoms with E-state index in [9.17, 15) is 0 Å². The Balaban J connectivity index is 0. The molecule has 0 nitrogen and oxygen atoms in total. The fourth-order valence-corrected chi connectivity index (χ4v) is 0. The van der Waals surface area contributed by atoms with Gasteiger partial charge in [-0.15, -0.1) is 18.8 Å². The summed E-state index contributed by atoms with van der Waals surface area (Å²) < 4.78 is 0. The van der Waals surface area contributed by atoms with Crippen molar-refractivity contribution in [2.45, 2.75) is 6.42 Å². The minimum absolute atomic E-state index is 0. The van der Waals surface area contributed by atoms with E-state index in [1.807, 2.05) is 0 Å². The maximum absolute atomic E-state index is 4.72. The Hall–Kier alpha value is 0.664. The van der Waals surface area contributed by atoms with Gasteiger partial charge in [0, 0.05) is 32.7 Å². The van der Waals surface area contributed by atoms with Crippen molar-refractivity contribution < 1.29 is 32.7 Å². The summed E-state index contributed by atoms with van der Waals surface area (Å²) in [6.45, 7) is 3.37. The zero-order chi connectivity index (χ0) is 3.41. The number of hydrogen-bond donors (Lipinski definition) is 0. The summed E-state index contributed by atoms with van der Waals surface area (Å²) in [5, 5.41) is 0. The largest absolute Gasteiger partial charge is 0.332 e. The van der Waals surface area contributed by atoms with Gasteiger partial charge >= 0.3 is 0 Å². The van der Waals surface area contributed by atoms with E-state index in [2.05, 4.69) is 12.8 Å². The zero-order valence-corrected chi connectivity index (χ0v) is 5.91. The summed E-state index contributed by atoms with van der Waals surface area (Å²) in [6, 6.07) is 0. The average Bonchev–Trinajstić information content (AvgIpc) is 1.37. The molecule has 0 aliphatic rings. The molecular weight excluding hydrogens is 137 g/mol. The maximum Gasteiger partial charge on any atom is 0 e. The molecule has 5 heavy (non-hydrogen) atoms. The van der Waals surface area contributed by atoms with Gasteiger partial charge in [-0.05, 0) is 0 Å². The molecular formula is C4H5Y-. The maximum atomic E-state index is 4.72. The van der Waals surface area contributed by atoms with Crippen LogP contribution in [-0.4, -0.2) is 0 Å². The van der Waals surface area contributed by atoms with Crippen LogP contribution in [0.15, 0.2) is 0 Å². The predicted octanol–water partition coefficient (Wildman–Crippen LogP) is 0.841. The molecule has 0 amide bonds. The van der Waals surface area contributed by atoms with E-state index in [-0.39, 0.29) is 32.7 Å². The molecule has 0 spiro atoms. The fourth-order valence-electron chi connectivity index (χ4n) is 0. The Morgan fingerprint density at radius 3 is 2.00 bits per heavy atom. The van der Waals surface area contributed by atoms with Crippen LogP contribution in [0.5, 0.6) is 0 Å². The molecule has 0 atom stereocenters. The van der Waals surface area contributed by atoms with Crippen LogP contribution in [0, 0.1) is 19.3 Å². The number of terminal acetylenes is 1. The van der Waals surface area contributed by atoms with E-state index in [0.29, 0.717) is 6.42 Å². The van der Waals surface area contributed by atoms with E-state index >= 15 is 0 Å². The average molecular weight is 142 g/mol. The molecule has 0 bridgehead atoms. The molecule has 0 N–H and O–H groups in total. The first-order valence-electron chi connectivity index (χ1n) is 1.14. The van der Waals surface area contributed by atoms with E-state index in [0.717, 1.165) is 0 Å². The monoisotopic (exact) mass is 142 g/mol. The Morgan fingerprint density at radius 1 is 1.80 bits per heavy atom. The second kappa shape index (κ2) is 8.82. The van der Waals surface area contributed by atoms with Gasteiger partial charge in [-0.25, -0.2) is 0 Å². The van der Waals surface area contributed by atoms with Crippen LogP contribution in [0.4, 0.5) is 0 Å². The van der Waals surface area contributed by atoms with Crippen LogP contribution in [0.3, 0.4) is 0 Å². The molecule has 0 saturated carbocycles. The van der Waals surface area contributed by atoms with Crippen LogP contribution in [0.1, 0.15) is 6.42 Å². The molecule has 1 radical (unpaired) electrons. The SMILES string of the molecule is C#CC[CH2-].[Y]. The van der Waals surface area contributed by atoms with Gasteiger partial charge in [-0.2, -0.15) is 0 Å². The summed E-state index contributed by atoms with van der Waals surface area (Å²) in [4.78, 5) is 0. The van der Waals surface area contributed by atoms with E-state index in [1.165, 1.54) is 0 Å². The molecule has 0 heterocycles. The van der Waals surface area contributed by atoms with E-state index in [4.69, 9.17) is 6.42 Å². The standard InChI is InChI=1S/C4H5.Y/c1-3-4-2;/h1H,2,4H2;/q-1;. The summed E-state index contributed by atoms with van der Waals surface area (Å²) >= 11 is 0. The second-order valence-corrected chi connectivity index (χ2v) is 0.454. The molecule has 0 rings (SSSR count).